The van der Waals surface area contributed by atoms with Crippen molar-refractivity contribution in [2.45, 2.75) is 13.5 Å². The quantitative estimate of drug-likeness (QED) is 0.372. The topological polar surface area (TPSA) is 91.1 Å². The lowest BCUT2D eigenvalue weighted by Crippen LogP contribution is -2.27. The second-order valence-corrected chi connectivity index (χ2v) is 6.21. The molecule has 1 amide bonds. The zero-order valence-electron chi connectivity index (χ0n) is 16.4. The van der Waals surface area contributed by atoms with Crippen LogP contribution in [-0.4, -0.2) is 50.2 Å². The van der Waals surface area contributed by atoms with Gasteiger partial charge in [-0.1, -0.05) is 24.3 Å². The highest BCUT2D eigenvalue weighted by atomic mass is 16.6. The van der Waals surface area contributed by atoms with Gasteiger partial charge in [-0.2, -0.15) is 0 Å². The van der Waals surface area contributed by atoms with E-state index in [2.05, 4.69) is 0 Å². The molecule has 0 bridgehead atoms. The maximum absolute atomic E-state index is 12.9. The molecule has 0 saturated heterocycles. The molecule has 0 unspecified atom stereocenters. The maximum atomic E-state index is 12.9. The van der Waals surface area contributed by atoms with Crippen molar-refractivity contribution in [1.29, 1.82) is 0 Å². The Balaban J connectivity index is 2.35. The number of benzene rings is 2. The van der Waals surface area contributed by atoms with Crippen LogP contribution in [0.4, 0.5) is 5.69 Å². The number of nitro groups is 1. The smallest absolute Gasteiger partial charge is 0.286 e. The Kier molecular flexibility index (Phi) is 7.34. The van der Waals surface area contributed by atoms with E-state index in [0.29, 0.717) is 13.2 Å². The van der Waals surface area contributed by atoms with E-state index < -0.39 is 10.8 Å². The van der Waals surface area contributed by atoms with E-state index in [0.717, 1.165) is 11.1 Å². The molecule has 0 aliphatic heterocycles. The van der Waals surface area contributed by atoms with Crippen LogP contribution in [0.15, 0.2) is 36.4 Å². The fourth-order valence-electron chi connectivity index (χ4n) is 2.70. The van der Waals surface area contributed by atoms with Crippen molar-refractivity contribution in [3.63, 3.8) is 0 Å². The van der Waals surface area contributed by atoms with Crippen molar-refractivity contribution in [2.75, 3.05) is 34.5 Å². The van der Waals surface area contributed by atoms with E-state index in [4.69, 9.17) is 14.2 Å². The van der Waals surface area contributed by atoms with Gasteiger partial charge in [0.1, 0.15) is 12.2 Å². The average molecular weight is 388 g/mol. The zero-order chi connectivity index (χ0) is 20.7. The molecule has 8 nitrogen and oxygen atoms in total. The standard InChI is InChI=1S/C20H24N2O6/c1-14-7-5-6-8-15(14)13-21(2)20(23)16-11-18(27-4)19(28-10-9-26-3)12-17(16)22(24)25/h5-8,11-12H,9-10,13H2,1-4H3. The molecule has 0 aliphatic carbocycles. The number of ether oxygens (including phenoxy) is 3. The summed E-state index contributed by atoms with van der Waals surface area (Å²) in [5.74, 6) is -0.0459. The Labute approximate surface area is 163 Å². The molecule has 8 heteroatoms. The third-order valence-electron chi connectivity index (χ3n) is 4.27. The van der Waals surface area contributed by atoms with Crippen molar-refractivity contribution in [2.24, 2.45) is 0 Å². The first kappa shape index (κ1) is 21.2. The maximum Gasteiger partial charge on any atom is 0.286 e. The summed E-state index contributed by atoms with van der Waals surface area (Å²) in [4.78, 5) is 25.3. The van der Waals surface area contributed by atoms with Gasteiger partial charge in [-0.15, -0.1) is 0 Å². The monoisotopic (exact) mass is 388 g/mol. The SMILES string of the molecule is COCCOc1cc([N+](=O)[O-])c(C(=O)N(C)Cc2ccccc2C)cc1OC. The molecule has 0 aliphatic rings. The molecule has 2 aromatic rings. The Bertz CT molecular complexity index is 853. The molecule has 2 aromatic carbocycles. The normalized spacial score (nSPS) is 10.4. The number of carbonyl (C=O) groups excluding carboxylic acids is 1. The summed E-state index contributed by atoms with van der Waals surface area (Å²) in [6, 6.07) is 10.2. The molecule has 2 rings (SSSR count). The van der Waals surface area contributed by atoms with Crippen LogP contribution in [0.25, 0.3) is 0 Å². The number of hydrogen-bond donors (Lipinski definition) is 0. The van der Waals surface area contributed by atoms with Crippen molar-refractivity contribution in [3.05, 3.63) is 63.2 Å². The van der Waals surface area contributed by atoms with Gasteiger partial charge in [0.05, 0.1) is 24.7 Å². The van der Waals surface area contributed by atoms with Gasteiger partial charge in [-0.05, 0) is 18.1 Å². The lowest BCUT2D eigenvalue weighted by atomic mass is 10.1. The lowest BCUT2D eigenvalue weighted by Gasteiger charge is -2.19. The molecule has 0 aromatic heterocycles. The molecule has 0 fully saturated rings. The van der Waals surface area contributed by atoms with Gasteiger partial charge in [-0.3, -0.25) is 14.9 Å². The minimum atomic E-state index is -0.600. The van der Waals surface area contributed by atoms with E-state index in [1.807, 2.05) is 31.2 Å². The van der Waals surface area contributed by atoms with E-state index >= 15 is 0 Å². The fourth-order valence-corrected chi connectivity index (χ4v) is 2.70. The summed E-state index contributed by atoms with van der Waals surface area (Å²) >= 11 is 0. The first-order chi connectivity index (χ1) is 13.4. The number of methoxy groups -OCH3 is 2. The molecule has 0 spiro atoms. The van der Waals surface area contributed by atoms with Crippen LogP contribution in [0.3, 0.4) is 0 Å². The predicted octanol–water partition coefficient (Wildman–Crippen LogP) is 3.21. The third-order valence-corrected chi connectivity index (χ3v) is 4.27. The second kappa shape index (κ2) is 9.70. The van der Waals surface area contributed by atoms with Gasteiger partial charge in [0.25, 0.3) is 11.6 Å². The third kappa shape index (κ3) is 4.98. The molecule has 0 atom stereocenters. The van der Waals surface area contributed by atoms with Crippen LogP contribution in [0.1, 0.15) is 21.5 Å². The number of hydrogen-bond acceptors (Lipinski definition) is 6. The molecular formula is C20H24N2O6. The molecule has 0 N–H and O–H groups in total. The Morgan fingerprint density at radius 2 is 1.86 bits per heavy atom. The number of carbonyl (C=O) groups is 1. The van der Waals surface area contributed by atoms with Crippen LogP contribution in [0.5, 0.6) is 11.5 Å². The van der Waals surface area contributed by atoms with Crippen LogP contribution in [-0.2, 0) is 11.3 Å². The fraction of sp³-hybridized carbons (Fsp3) is 0.350. The van der Waals surface area contributed by atoms with Gasteiger partial charge in [0.15, 0.2) is 11.5 Å². The van der Waals surface area contributed by atoms with Gasteiger partial charge >= 0.3 is 0 Å². The average Bonchev–Trinajstić information content (AvgIpc) is 2.68. The first-order valence-electron chi connectivity index (χ1n) is 8.67. The Morgan fingerprint density at radius 1 is 1.14 bits per heavy atom. The molecule has 150 valence electrons. The van der Waals surface area contributed by atoms with E-state index in [1.165, 1.54) is 31.3 Å². The highest BCUT2D eigenvalue weighted by Crippen LogP contribution is 2.35. The van der Waals surface area contributed by atoms with Gasteiger partial charge < -0.3 is 19.1 Å². The lowest BCUT2D eigenvalue weighted by molar-refractivity contribution is -0.385. The van der Waals surface area contributed by atoms with Gasteiger partial charge in [-0.25, -0.2) is 0 Å². The van der Waals surface area contributed by atoms with Crippen LogP contribution >= 0.6 is 0 Å². The van der Waals surface area contributed by atoms with Gasteiger partial charge in [0.2, 0.25) is 0 Å². The van der Waals surface area contributed by atoms with Crippen LogP contribution in [0.2, 0.25) is 0 Å². The highest BCUT2D eigenvalue weighted by Gasteiger charge is 2.27. The predicted molar refractivity (Wildman–Crippen MR) is 104 cm³/mol. The summed E-state index contributed by atoms with van der Waals surface area (Å²) < 4.78 is 15.7. The Hall–Kier alpha value is -3.13. The first-order valence-corrected chi connectivity index (χ1v) is 8.67. The van der Waals surface area contributed by atoms with Crippen molar-refractivity contribution in [3.8, 4) is 11.5 Å². The van der Waals surface area contributed by atoms with Crippen molar-refractivity contribution >= 4 is 11.6 Å². The van der Waals surface area contributed by atoms with E-state index in [9.17, 15) is 14.9 Å². The van der Waals surface area contributed by atoms with Crippen molar-refractivity contribution in [1.82, 2.24) is 4.90 Å². The summed E-state index contributed by atoms with van der Waals surface area (Å²) in [6.45, 7) is 2.80. The van der Waals surface area contributed by atoms with Gasteiger partial charge in [0, 0.05) is 26.8 Å². The number of nitro benzene ring substituents is 1. The summed E-state index contributed by atoms with van der Waals surface area (Å²) in [5.41, 5.74) is 1.61. The second-order valence-electron chi connectivity index (χ2n) is 6.21. The summed E-state index contributed by atoms with van der Waals surface area (Å²) in [7, 11) is 4.54. The number of rotatable bonds is 9. The molecule has 0 radical (unpaired) electrons. The number of aryl methyl sites for hydroxylation is 1. The summed E-state index contributed by atoms with van der Waals surface area (Å²) in [5, 5.41) is 11.6. The minimum Gasteiger partial charge on any atom is -0.493 e. The number of amides is 1. The molecule has 0 saturated carbocycles. The van der Waals surface area contributed by atoms with Crippen LogP contribution in [0, 0.1) is 17.0 Å². The number of nitrogens with zero attached hydrogens (tertiary/aromatic N) is 2. The molecule has 0 heterocycles. The highest BCUT2D eigenvalue weighted by molar-refractivity contribution is 5.99. The van der Waals surface area contributed by atoms with E-state index in [1.54, 1.807) is 7.05 Å². The molecular weight excluding hydrogens is 364 g/mol. The summed E-state index contributed by atoms with van der Waals surface area (Å²) in [6.07, 6.45) is 0. The Morgan fingerprint density at radius 3 is 2.46 bits per heavy atom. The van der Waals surface area contributed by atoms with Crippen molar-refractivity contribution < 1.29 is 23.9 Å². The minimum absolute atomic E-state index is 0.0583. The molecule has 28 heavy (non-hydrogen) atoms. The zero-order valence-corrected chi connectivity index (χ0v) is 16.4. The van der Waals surface area contributed by atoms with Crippen LogP contribution < -0.4 is 9.47 Å². The largest absolute Gasteiger partial charge is 0.493 e. The van der Waals surface area contributed by atoms with E-state index in [-0.39, 0.29) is 29.4 Å².